The second-order valence-corrected chi connectivity index (χ2v) is 4.53. The van der Waals surface area contributed by atoms with Crippen LogP contribution in [-0.4, -0.2) is 29.4 Å². The molecule has 0 bridgehead atoms. The van der Waals surface area contributed by atoms with Gasteiger partial charge in [0.1, 0.15) is 0 Å². The first kappa shape index (κ1) is 11.6. The van der Waals surface area contributed by atoms with Crippen LogP contribution in [0.25, 0.3) is 0 Å². The SMILES string of the molecule is CCC(O)(COC)C1CCc2cccnc21. The van der Waals surface area contributed by atoms with E-state index < -0.39 is 5.60 Å². The Hall–Kier alpha value is -0.930. The van der Waals surface area contributed by atoms with Crippen LogP contribution in [0.3, 0.4) is 0 Å². The summed E-state index contributed by atoms with van der Waals surface area (Å²) in [5.41, 5.74) is 1.56. The number of fused-ring (bicyclic) bond motifs is 1. The summed E-state index contributed by atoms with van der Waals surface area (Å²) >= 11 is 0. The van der Waals surface area contributed by atoms with Gasteiger partial charge in [0.05, 0.1) is 12.2 Å². The van der Waals surface area contributed by atoms with Gasteiger partial charge in [-0.2, -0.15) is 0 Å². The highest BCUT2D eigenvalue weighted by Crippen LogP contribution is 2.40. The number of ether oxygens (including phenoxy) is 1. The lowest BCUT2D eigenvalue weighted by Crippen LogP contribution is -2.39. The van der Waals surface area contributed by atoms with E-state index in [2.05, 4.69) is 11.1 Å². The van der Waals surface area contributed by atoms with Crippen LogP contribution in [0.5, 0.6) is 0 Å². The van der Waals surface area contributed by atoms with Gasteiger partial charge in [-0.05, 0) is 30.9 Å². The number of hydrogen-bond acceptors (Lipinski definition) is 3. The molecule has 1 aromatic rings. The molecule has 1 N–H and O–H groups in total. The van der Waals surface area contributed by atoms with E-state index in [1.807, 2.05) is 13.0 Å². The van der Waals surface area contributed by atoms with Crippen molar-refractivity contribution < 1.29 is 9.84 Å². The third-order valence-electron chi connectivity index (χ3n) is 3.61. The van der Waals surface area contributed by atoms with Crippen LogP contribution in [0.1, 0.15) is 36.9 Å². The van der Waals surface area contributed by atoms with Crippen LogP contribution in [-0.2, 0) is 11.2 Å². The minimum atomic E-state index is -0.769. The maximum absolute atomic E-state index is 10.6. The van der Waals surface area contributed by atoms with Crippen LogP contribution in [0.15, 0.2) is 18.3 Å². The Labute approximate surface area is 96.5 Å². The first-order chi connectivity index (χ1) is 7.71. The van der Waals surface area contributed by atoms with Gasteiger partial charge in [0.15, 0.2) is 0 Å². The average molecular weight is 221 g/mol. The molecule has 0 amide bonds. The molecule has 2 unspecified atom stereocenters. The number of aliphatic hydroxyl groups is 1. The second kappa shape index (κ2) is 4.52. The number of rotatable bonds is 4. The summed E-state index contributed by atoms with van der Waals surface area (Å²) in [6.07, 6.45) is 4.49. The van der Waals surface area contributed by atoms with Crippen molar-refractivity contribution in [1.29, 1.82) is 0 Å². The number of methoxy groups -OCH3 is 1. The molecule has 3 nitrogen and oxygen atoms in total. The Morgan fingerprint density at radius 1 is 1.62 bits per heavy atom. The van der Waals surface area contributed by atoms with Gasteiger partial charge in [0, 0.05) is 24.9 Å². The topological polar surface area (TPSA) is 42.4 Å². The minimum Gasteiger partial charge on any atom is -0.387 e. The van der Waals surface area contributed by atoms with E-state index in [1.165, 1.54) is 5.56 Å². The molecule has 16 heavy (non-hydrogen) atoms. The van der Waals surface area contributed by atoms with Crippen LogP contribution < -0.4 is 0 Å². The largest absolute Gasteiger partial charge is 0.387 e. The van der Waals surface area contributed by atoms with Crippen molar-refractivity contribution in [2.75, 3.05) is 13.7 Å². The van der Waals surface area contributed by atoms with E-state index in [1.54, 1.807) is 13.3 Å². The summed E-state index contributed by atoms with van der Waals surface area (Å²) in [7, 11) is 1.63. The van der Waals surface area contributed by atoms with E-state index in [-0.39, 0.29) is 5.92 Å². The summed E-state index contributed by atoms with van der Waals surface area (Å²) in [4.78, 5) is 4.42. The monoisotopic (exact) mass is 221 g/mol. The molecule has 0 aliphatic heterocycles. The molecule has 2 atom stereocenters. The van der Waals surface area contributed by atoms with Crippen LogP contribution in [0.4, 0.5) is 0 Å². The summed E-state index contributed by atoms with van der Waals surface area (Å²) in [5, 5.41) is 10.6. The molecule has 88 valence electrons. The molecular formula is C13H19NO2. The van der Waals surface area contributed by atoms with E-state index in [0.717, 1.165) is 18.5 Å². The Kier molecular flexibility index (Phi) is 3.26. The molecule has 0 saturated heterocycles. The molecule has 0 aromatic carbocycles. The molecule has 1 aliphatic carbocycles. The number of aromatic nitrogens is 1. The summed E-state index contributed by atoms with van der Waals surface area (Å²) in [5.74, 6) is 0.119. The average Bonchev–Trinajstić information content (AvgIpc) is 2.73. The van der Waals surface area contributed by atoms with Crippen molar-refractivity contribution in [1.82, 2.24) is 4.98 Å². The summed E-state index contributed by atoms with van der Waals surface area (Å²) in [6.45, 7) is 2.38. The Balaban J connectivity index is 2.29. The van der Waals surface area contributed by atoms with Crippen molar-refractivity contribution in [2.45, 2.75) is 37.7 Å². The van der Waals surface area contributed by atoms with E-state index in [0.29, 0.717) is 13.0 Å². The first-order valence-electron chi connectivity index (χ1n) is 5.86. The van der Waals surface area contributed by atoms with Crippen LogP contribution >= 0.6 is 0 Å². The van der Waals surface area contributed by atoms with Gasteiger partial charge in [-0.15, -0.1) is 0 Å². The molecular weight excluding hydrogens is 202 g/mol. The lowest BCUT2D eigenvalue weighted by atomic mass is 9.84. The molecule has 3 heteroatoms. The summed E-state index contributed by atoms with van der Waals surface area (Å²) < 4.78 is 5.15. The first-order valence-corrected chi connectivity index (χ1v) is 5.86. The van der Waals surface area contributed by atoms with Crippen LogP contribution in [0, 0.1) is 0 Å². The standard InChI is InChI=1S/C13H19NO2/c1-3-13(15,9-16-2)11-7-6-10-5-4-8-14-12(10)11/h4-5,8,11,15H,3,6-7,9H2,1-2H3. The van der Waals surface area contributed by atoms with E-state index in [4.69, 9.17) is 4.74 Å². The minimum absolute atomic E-state index is 0.119. The van der Waals surface area contributed by atoms with Gasteiger partial charge < -0.3 is 9.84 Å². The second-order valence-electron chi connectivity index (χ2n) is 4.53. The zero-order valence-electron chi connectivity index (χ0n) is 9.94. The Morgan fingerprint density at radius 2 is 2.44 bits per heavy atom. The summed E-state index contributed by atoms with van der Waals surface area (Å²) in [6, 6.07) is 4.06. The van der Waals surface area contributed by atoms with Crippen LogP contribution in [0.2, 0.25) is 0 Å². The smallest absolute Gasteiger partial charge is 0.0960 e. The predicted molar refractivity (Wildman–Crippen MR) is 62.4 cm³/mol. The number of pyridine rings is 1. The zero-order chi connectivity index (χ0) is 11.6. The quantitative estimate of drug-likeness (QED) is 0.844. The van der Waals surface area contributed by atoms with E-state index in [9.17, 15) is 5.11 Å². The number of nitrogens with zero attached hydrogens (tertiary/aromatic N) is 1. The third-order valence-corrected chi connectivity index (χ3v) is 3.61. The lowest BCUT2D eigenvalue weighted by molar-refractivity contribution is -0.0545. The van der Waals surface area contributed by atoms with Crippen molar-refractivity contribution in [2.24, 2.45) is 0 Å². The zero-order valence-corrected chi connectivity index (χ0v) is 9.94. The van der Waals surface area contributed by atoms with Gasteiger partial charge >= 0.3 is 0 Å². The molecule has 0 spiro atoms. The van der Waals surface area contributed by atoms with Crippen molar-refractivity contribution in [3.05, 3.63) is 29.6 Å². The fourth-order valence-corrected chi connectivity index (χ4v) is 2.63. The molecule has 1 aliphatic rings. The Morgan fingerprint density at radius 3 is 3.12 bits per heavy atom. The molecule has 0 radical (unpaired) electrons. The molecule has 1 heterocycles. The third kappa shape index (κ3) is 1.85. The van der Waals surface area contributed by atoms with Crippen molar-refractivity contribution in [3.63, 3.8) is 0 Å². The highest BCUT2D eigenvalue weighted by atomic mass is 16.5. The highest BCUT2D eigenvalue weighted by Gasteiger charge is 2.40. The predicted octanol–water partition coefficient (Wildman–Crippen LogP) is 1.90. The van der Waals surface area contributed by atoms with E-state index >= 15 is 0 Å². The van der Waals surface area contributed by atoms with Gasteiger partial charge in [-0.3, -0.25) is 4.98 Å². The van der Waals surface area contributed by atoms with Crippen molar-refractivity contribution in [3.8, 4) is 0 Å². The number of aryl methyl sites for hydroxylation is 1. The normalized spacial score (nSPS) is 22.8. The van der Waals surface area contributed by atoms with Gasteiger partial charge in [-0.25, -0.2) is 0 Å². The maximum Gasteiger partial charge on any atom is 0.0960 e. The highest BCUT2D eigenvalue weighted by molar-refractivity contribution is 5.31. The fourth-order valence-electron chi connectivity index (χ4n) is 2.63. The Bertz CT molecular complexity index is 367. The van der Waals surface area contributed by atoms with Gasteiger partial charge in [-0.1, -0.05) is 13.0 Å². The molecule has 0 fully saturated rings. The fraction of sp³-hybridized carbons (Fsp3) is 0.615. The van der Waals surface area contributed by atoms with Crippen molar-refractivity contribution >= 4 is 0 Å². The lowest BCUT2D eigenvalue weighted by Gasteiger charge is -2.32. The molecule has 1 aromatic heterocycles. The maximum atomic E-state index is 10.6. The number of hydrogen-bond donors (Lipinski definition) is 1. The molecule has 2 rings (SSSR count). The van der Waals surface area contributed by atoms with Gasteiger partial charge in [0.25, 0.3) is 0 Å². The molecule has 0 saturated carbocycles. The van der Waals surface area contributed by atoms with Gasteiger partial charge in [0.2, 0.25) is 0 Å².